The van der Waals surface area contributed by atoms with Gasteiger partial charge in [0.05, 0.1) is 21.3 Å². The van der Waals surface area contributed by atoms with E-state index < -0.39 is 0 Å². The number of amidine groups is 1. The van der Waals surface area contributed by atoms with Gasteiger partial charge in [0.1, 0.15) is 0 Å². The van der Waals surface area contributed by atoms with Gasteiger partial charge in [0.15, 0.2) is 5.17 Å². The lowest BCUT2D eigenvalue weighted by Crippen LogP contribution is -2.15. The Balaban J connectivity index is 1.85. The van der Waals surface area contributed by atoms with Crippen molar-refractivity contribution in [3.05, 3.63) is 23.7 Å². The third kappa shape index (κ3) is 2.30. The second-order valence-electron chi connectivity index (χ2n) is 4.68. The maximum Gasteiger partial charge on any atom is 0.161 e. The van der Waals surface area contributed by atoms with E-state index in [1.54, 1.807) is 23.1 Å². The van der Waals surface area contributed by atoms with Gasteiger partial charge in [-0.3, -0.25) is 4.99 Å². The predicted octanol–water partition coefficient (Wildman–Crippen LogP) is 3.59. The number of aromatic nitrogens is 1. The Morgan fingerprint density at radius 1 is 1.35 bits per heavy atom. The normalized spacial score (nSPS) is 18.4. The zero-order chi connectivity index (χ0) is 11.9. The summed E-state index contributed by atoms with van der Waals surface area (Å²) in [6.45, 7) is 4.31. The van der Waals surface area contributed by atoms with E-state index in [0.717, 1.165) is 22.1 Å². The van der Waals surface area contributed by atoms with Gasteiger partial charge in [0.2, 0.25) is 0 Å². The van der Waals surface area contributed by atoms with E-state index in [2.05, 4.69) is 41.3 Å². The lowest BCUT2D eigenvalue weighted by molar-refractivity contribution is 0.605. The number of aliphatic imine (C=N–C) groups is 1. The first-order valence-corrected chi connectivity index (χ1v) is 7.32. The van der Waals surface area contributed by atoms with Crippen LogP contribution in [0.5, 0.6) is 0 Å². The molecule has 3 nitrogen and oxygen atoms in total. The van der Waals surface area contributed by atoms with Gasteiger partial charge >= 0.3 is 0 Å². The van der Waals surface area contributed by atoms with Crippen molar-refractivity contribution >= 4 is 44.2 Å². The van der Waals surface area contributed by atoms with Crippen molar-refractivity contribution in [2.45, 2.75) is 19.4 Å². The van der Waals surface area contributed by atoms with Crippen LogP contribution >= 0.6 is 23.1 Å². The number of nitrogens with one attached hydrogen (secondary N) is 1. The number of fused-ring (bicyclic) bond motifs is 1. The number of hydrogen-bond acceptors (Lipinski definition) is 5. The molecular formula is C12H13N3S2. The topological polar surface area (TPSA) is 37.3 Å². The highest BCUT2D eigenvalue weighted by molar-refractivity contribution is 8.14. The number of thiazole rings is 1. The monoisotopic (exact) mass is 263 g/mol. The van der Waals surface area contributed by atoms with Crippen LogP contribution in [0.15, 0.2) is 28.7 Å². The number of thioether (sulfide) groups is 1. The average Bonchev–Trinajstić information content (AvgIpc) is 2.84. The van der Waals surface area contributed by atoms with E-state index in [-0.39, 0.29) is 5.54 Å². The highest BCUT2D eigenvalue weighted by Gasteiger charge is 2.25. The molecule has 0 fully saturated rings. The molecule has 2 aromatic rings. The fraction of sp³-hybridized carbons (Fsp3) is 0.333. The summed E-state index contributed by atoms with van der Waals surface area (Å²) in [5, 5.41) is 4.38. The van der Waals surface area contributed by atoms with Crippen molar-refractivity contribution in [1.29, 1.82) is 0 Å². The van der Waals surface area contributed by atoms with Gasteiger partial charge in [-0.2, -0.15) is 0 Å². The first-order chi connectivity index (χ1) is 8.12. The largest absolute Gasteiger partial charge is 0.335 e. The molecular weight excluding hydrogens is 250 g/mol. The Bertz CT molecular complexity index is 586. The number of hydrogen-bond donors (Lipinski definition) is 1. The summed E-state index contributed by atoms with van der Waals surface area (Å²) in [7, 11) is 0. The fourth-order valence-corrected chi connectivity index (χ4v) is 3.48. The minimum atomic E-state index is 0.0571. The summed E-state index contributed by atoms with van der Waals surface area (Å²) in [5.74, 6) is 1.04. The van der Waals surface area contributed by atoms with Crippen LogP contribution in [0, 0.1) is 0 Å². The molecule has 0 radical (unpaired) electrons. The quantitative estimate of drug-likeness (QED) is 0.854. The lowest BCUT2D eigenvalue weighted by Gasteiger charge is -2.09. The van der Waals surface area contributed by atoms with Crippen LogP contribution in [-0.2, 0) is 0 Å². The van der Waals surface area contributed by atoms with Crippen molar-refractivity contribution in [2.75, 3.05) is 11.1 Å². The summed E-state index contributed by atoms with van der Waals surface area (Å²) in [5.41, 5.74) is 4.08. The van der Waals surface area contributed by atoms with Crippen LogP contribution in [0.1, 0.15) is 13.8 Å². The molecule has 0 saturated carbocycles. The van der Waals surface area contributed by atoms with E-state index in [1.165, 1.54) is 4.70 Å². The first-order valence-electron chi connectivity index (χ1n) is 5.45. The van der Waals surface area contributed by atoms with Crippen LogP contribution in [0.25, 0.3) is 10.2 Å². The summed E-state index contributed by atoms with van der Waals surface area (Å²) in [6, 6.07) is 6.22. The van der Waals surface area contributed by atoms with Gasteiger partial charge in [0, 0.05) is 11.4 Å². The van der Waals surface area contributed by atoms with E-state index in [9.17, 15) is 0 Å². The molecule has 0 unspecified atom stereocenters. The smallest absolute Gasteiger partial charge is 0.161 e. The molecule has 1 aliphatic rings. The van der Waals surface area contributed by atoms with E-state index in [4.69, 9.17) is 0 Å². The number of rotatable bonds is 1. The second-order valence-corrected chi connectivity index (χ2v) is 6.53. The highest BCUT2D eigenvalue weighted by Crippen LogP contribution is 2.29. The first kappa shape index (κ1) is 11.0. The van der Waals surface area contributed by atoms with Gasteiger partial charge in [-0.05, 0) is 32.0 Å². The Labute approximate surface area is 108 Å². The molecule has 1 N–H and O–H groups in total. The van der Waals surface area contributed by atoms with Crippen molar-refractivity contribution in [3.8, 4) is 0 Å². The number of anilines is 1. The molecule has 0 atom stereocenters. The average molecular weight is 263 g/mol. The van der Waals surface area contributed by atoms with Crippen LogP contribution in [0.2, 0.25) is 0 Å². The second kappa shape index (κ2) is 3.99. The molecule has 0 amide bonds. The van der Waals surface area contributed by atoms with Crippen LogP contribution in [0.4, 0.5) is 5.69 Å². The molecule has 1 aliphatic heterocycles. The van der Waals surface area contributed by atoms with Crippen molar-refractivity contribution in [3.63, 3.8) is 0 Å². The summed E-state index contributed by atoms with van der Waals surface area (Å²) >= 11 is 3.44. The van der Waals surface area contributed by atoms with Crippen LogP contribution in [-0.4, -0.2) is 21.4 Å². The zero-order valence-corrected chi connectivity index (χ0v) is 11.4. The SMILES string of the molecule is CC1(C)CSC(Nc2ccc3ncsc3c2)=N1. The summed E-state index contributed by atoms with van der Waals surface area (Å²) < 4.78 is 1.21. The van der Waals surface area contributed by atoms with Gasteiger partial charge in [-0.1, -0.05) is 11.8 Å². The standard InChI is InChI=1S/C12H13N3S2/c1-12(2)6-16-11(15-12)14-8-3-4-9-10(5-8)17-7-13-9/h3-5,7H,6H2,1-2H3,(H,14,15). The molecule has 3 rings (SSSR count). The molecule has 88 valence electrons. The minimum Gasteiger partial charge on any atom is -0.335 e. The summed E-state index contributed by atoms with van der Waals surface area (Å²) in [6.07, 6.45) is 0. The van der Waals surface area contributed by atoms with Crippen molar-refractivity contribution in [1.82, 2.24) is 4.98 Å². The van der Waals surface area contributed by atoms with Gasteiger partial charge in [-0.25, -0.2) is 4.98 Å². The third-order valence-electron chi connectivity index (χ3n) is 2.55. The summed E-state index contributed by atoms with van der Waals surface area (Å²) in [4.78, 5) is 8.91. The fourth-order valence-electron chi connectivity index (χ4n) is 1.70. The Hall–Kier alpha value is -1.07. The van der Waals surface area contributed by atoms with Crippen molar-refractivity contribution < 1.29 is 0 Å². The third-order valence-corrected chi connectivity index (χ3v) is 4.66. The molecule has 2 heterocycles. The molecule has 0 aliphatic carbocycles. The van der Waals surface area contributed by atoms with E-state index in [1.807, 2.05) is 11.6 Å². The molecule has 0 spiro atoms. The minimum absolute atomic E-state index is 0.0571. The molecule has 5 heteroatoms. The molecule has 0 bridgehead atoms. The maximum absolute atomic E-state index is 4.64. The Morgan fingerprint density at radius 3 is 3.00 bits per heavy atom. The number of nitrogens with zero attached hydrogens (tertiary/aromatic N) is 2. The van der Waals surface area contributed by atoms with E-state index >= 15 is 0 Å². The molecule has 0 saturated heterocycles. The zero-order valence-electron chi connectivity index (χ0n) is 9.73. The lowest BCUT2D eigenvalue weighted by atomic mass is 10.1. The predicted molar refractivity (Wildman–Crippen MR) is 77.2 cm³/mol. The molecule has 17 heavy (non-hydrogen) atoms. The Kier molecular flexibility index (Phi) is 2.60. The molecule has 1 aromatic carbocycles. The molecule has 1 aromatic heterocycles. The van der Waals surface area contributed by atoms with Gasteiger partial charge in [-0.15, -0.1) is 11.3 Å². The van der Waals surface area contributed by atoms with Crippen molar-refractivity contribution in [2.24, 2.45) is 4.99 Å². The maximum atomic E-state index is 4.64. The number of benzene rings is 1. The van der Waals surface area contributed by atoms with Crippen LogP contribution in [0.3, 0.4) is 0 Å². The van der Waals surface area contributed by atoms with Gasteiger partial charge < -0.3 is 5.32 Å². The van der Waals surface area contributed by atoms with Gasteiger partial charge in [0.25, 0.3) is 0 Å². The Morgan fingerprint density at radius 2 is 2.24 bits per heavy atom. The van der Waals surface area contributed by atoms with E-state index in [0.29, 0.717) is 0 Å². The van der Waals surface area contributed by atoms with Crippen LogP contribution < -0.4 is 5.32 Å². The highest BCUT2D eigenvalue weighted by atomic mass is 32.2.